The first-order valence-electron chi connectivity index (χ1n) is 8.79. The third-order valence-electron chi connectivity index (χ3n) is 4.59. The minimum atomic E-state index is -3.67. The van der Waals surface area contributed by atoms with Crippen molar-refractivity contribution in [3.63, 3.8) is 0 Å². The van der Waals surface area contributed by atoms with Crippen molar-refractivity contribution in [3.05, 3.63) is 17.2 Å². The number of hydrogen-bond donors (Lipinski definition) is 1. The second-order valence-corrected chi connectivity index (χ2v) is 8.80. The van der Waals surface area contributed by atoms with Gasteiger partial charge in [-0.15, -0.1) is 0 Å². The molecule has 7 nitrogen and oxygen atoms in total. The molecule has 2 aromatic heterocycles. The zero-order valence-corrected chi connectivity index (χ0v) is 16.3. The van der Waals surface area contributed by atoms with E-state index in [2.05, 4.69) is 14.9 Å². The van der Waals surface area contributed by atoms with Gasteiger partial charge in [-0.1, -0.05) is 19.0 Å². The van der Waals surface area contributed by atoms with Crippen LogP contribution >= 0.6 is 0 Å². The van der Waals surface area contributed by atoms with E-state index < -0.39 is 10.0 Å². The average molecular weight is 366 g/mol. The summed E-state index contributed by atoms with van der Waals surface area (Å²) in [6.45, 7) is 10.7. The second-order valence-electron chi connectivity index (χ2n) is 7.10. The third kappa shape index (κ3) is 3.37. The molecule has 25 heavy (non-hydrogen) atoms. The SMILES string of the molecule is CCn1c(C)c(-c2nc(C3CC3)no2)c(S(=O)(=O)NCC(C)C)c1C. The van der Waals surface area contributed by atoms with Gasteiger partial charge in [0.15, 0.2) is 5.82 Å². The van der Waals surface area contributed by atoms with Crippen LogP contribution in [-0.4, -0.2) is 29.7 Å². The summed E-state index contributed by atoms with van der Waals surface area (Å²) >= 11 is 0. The number of rotatable bonds is 7. The molecule has 1 aliphatic rings. The average Bonchev–Trinajstić information content (AvgIpc) is 3.22. The van der Waals surface area contributed by atoms with Crippen molar-refractivity contribution in [1.82, 2.24) is 19.4 Å². The highest BCUT2D eigenvalue weighted by Crippen LogP contribution is 2.40. The Bertz CT molecular complexity index is 876. The van der Waals surface area contributed by atoms with E-state index in [4.69, 9.17) is 4.52 Å². The van der Waals surface area contributed by atoms with Crippen molar-refractivity contribution in [1.29, 1.82) is 0 Å². The van der Waals surface area contributed by atoms with Gasteiger partial charge in [0.2, 0.25) is 10.0 Å². The zero-order valence-electron chi connectivity index (χ0n) is 15.5. The maximum atomic E-state index is 13.0. The molecule has 2 heterocycles. The van der Waals surface area contributed by atoms with Crippen LogP contribution in [0.25, 0.3) is 11.5 Å². The largest absolute Gasteiger partial charge is 0.347 e. The van der Waals surface area contributed by atoms with Gasteiger partial charge in [-0.05, 0) is 39.5 Å². The standard InChI is InChI=1S/C17H26N4O3S/c1-6-21-11(4)14(17-19-16(20-24-17)13-7-8-13)15(12(21)5)25(22,23)18-9-10(2)3/h10,13,18H,6-9H2,1-5H3. The summed E-state index contributed by atoms with van der Waals surface area (Å²) in [6, 6.07) is 0. The van der Waals surface area contributed by atoms with E-state index in [-0.39, 0.29) is 10.8 Å². The molecule has 3 rings (SSSR count). The Balaban J connectivity index is 2.12. The first kappa shape index (κ1) is 18.1. The minimum Gasteiger partial charge on any atom is -0.347 e. The lowest BCUT2D eigenvalue weighted by atomic mass is 10.2. The minimum absolute atomic E-state index is 0.220. The van der Waals surface area contributed by atoms with E-state index in [1.54, 1.807) is 0 Å². The molecule has 0 spiro atoms. The summed E-state index contributed by atoms with van der Waals surface area (Å²) in [7, 11) is -3.67. The number of nitrogens with one attached hydrogen (secondary N) is 1. The highest BCUT2D eigenvalue weighted by Gasteiger charge is 2.33. The van der Waals surface area contributed by atoms with Crippen LogP contribution < -0.4 is 4.72 Å². The monoisotopic (exact) mass is 366 g/mol. The first-order valence-corrected chi connectivity index (χ1v) is 10.3. The van der Waals surface area contributed by atoms with E-state index in [9.17, 15) is 8.42 Å². The summed E-state index contributed by atoms with van der Waals surface area (Å²) in [5.74, 6) is 1.54. The fourth-order valence-electron chi connectivity index (χ4n) is 3.10. The lowest BCUT2D eigenvalue weighted by molar-refractivity contribution is 0.421. The fourth-order valence-corrected chi connectivity index (χ4v) is 4.80. The van der Waals surface area contributed by atoms with Gasteiger partial charge in [-0.3, -0.25) is 0 Å². The van der Waals surface area contributed by atoms with Gasteiger partial charge in [0, 0.05) is 30.4 Å². The van der Waals surface area contributed by atoms with Gasteiger partial charge in [0.05, 0.1) is 5.56 Å². The highest BCUT2D eigenvalue weighted by atomic mass is 32.2. The quantitative estimate of drug-likeness (QED) is 0.813. The molecular weight excluding hydrogens is 340 g/mol. The number of hydrogen-bond acceptors (Lipinski definition) is 5. The van der Waals surface area contributed by atoms with Gasteiger partial charge < -0.3 is 9.09 Å². The Labute approximate surface area is 148 Å². The van der Waals surface area contributed by atoms with Crippen LogP contribution in [0, 0.1) is 19.8 Å². The van der Waals surface area contributed by atoms with Crippen LogP contribution in [0.3, 0.4) is 0 Å². The molecule has 0 radical (unpaired) electrons. The van der Waals surface area contributed by atoms with Crippen molar-refractivity contribution in [3.8, 4) is 11.5 Å². The molecule has 0 aromatic carbocycles. The lowest BCUT2D eigenvalue weighted by Gasteiger charge is -2.10. The van der Waals surface area contributed by atoms with Crippen LogP contribution in [0.1, 0.15) is 56.7 Å². The maximum Gasteiger partial charge on any atom is 0.261 e. The van der Waals surface area contributed by atoms with E-state index >= 15 is 0 Å². The molecule has 8 heteroatoms. The van der Waals surface area contributed by atoms with Crippen LogP contribution in [0.2, 0.25) is 0 Å². The van der Waals surface area contributed by atoms with E-state index in [0.29, 0.717) is 42.0 Å². The van der Waals surface area contributed by atoms with E-state index in [0.717, 1.165) is 18.5 Å². The lowest BCUT2D eigenvalue weighted by Crippen LogP contribution is -2.28. The van der Waals surface area contributed by atoms with Gasteiger partial charge in [0.1, 0.15) is 4.90 Å². The molecule has 0 saturated heterocycles. The second kappa shape index (κ2) is 6.57. The Hall–Kier alpha value is -1.67. The van der Waals surface area contributed by atoms with E-state index in [1.165, 1.54) is 0 Å². The molecule has 0 aliphatic heterocycles. The molecule has 138 valence electrons. The smallest absolute Gasteiger partial charge is 0.261 e. The summed E-state index contributed by atoms with van der Waals surface area (Å²) in [5, 5.41) is 4.05. The van der Waals surface area contributed by atoms with Gasteiger partial charge >= 0.3 is 0 Å². The summed E-state index contributed by atoms with van der Waals surface area (Å²) < 4.78 is 36.1. The van der Waals surface area contributed by atoms with Crippen LogP contribution in [0.4, 0.5) is 0 Å². The van der Waals surface area contributed by atoms with Crippen LogP contribution in [0.5, 0.6) is 0 Å². The predicted molar refractivity (Wildman–Crippen MR) is 94.9 cm³/mol. The molecule has 0 amide bonds. The number of sulfonamides is 1. The fraction of sp³-hybridized carbons (Fsp3) is 0.647. The van der Waals surface area contributed by atoms with Crippen molar-refractivity contribution in [2.75, 3.05) is 6.54 Å². The molecule has 1 N–H and O–H groups in total. The molecule has 0 unspecified atom stereocenters. The van der Waals surface area contributed by atoms with Gasteiger partial charge in [-0.2, -0.15) is 4.98 Å². The molecule has 2 aromatic rings. The zero-order chi connectivity index (χ0) is 18.4. The molecule has 0 bridgehead atoms. The van der Waals surface area contributed by atoms with Crippen molar-refractivity contribution < 1.29 is 12.9 Å². The normalized spacial score (nSPS) is 15.3. The van der Waals surface area contributed by atoms with Crippen LogP contribution in [0.15, 0.2) is 9.42 Å². The Morgan fingerprint density at radius 2 is 1.96 bits per heavy atom. The van der Waals surface area contributed by atoms with Crippen molar-refractivity contribution >= 4 is 10.0 Å². The maximum absolute atomic E-state index is 13.0. The Kier molecular flexibility index (Phi) is 4.76. The Morgan fingerprint density at radius 3 is 2.52 bits per heavy atom. The summed E-state index contributed by atoms with van der Waals surface area (Å²) in [5.41, 5.74) is 2.04. The van der Waals surface area contributed by atoms with E-state index in [1.807, 2.05) is 39.2 Å². The first-order chi connectivity index (χ1) is 11.8. The predicted octanol–water partition coefficient (Wildman–Crippen LogP) is 2.99. The molecule has 0 atom stereocenters. The topological polar surface area (TPSA) is 90.0 Å². The van der Waals surface area contributed by atoms with Crippen molar-refractivity contribution in [2.24, 2.45) is 5.92 Å². The number of aromatic nitrogens is 3. The van der Waals surface area contributed by atoms with Gasteiger partial charge in [-0.25, -0.2) is 13.1 Å². The Morgan fingerprint density at radius 1 is 1.28 bits per heavy atom. The molecule has 1 fully saturated rings. The summed E-state index contributed by atoms with van der Waals surface area (Å²) in [6.07, 6.45) is 2.13. The highest BCUT2D eigenvalue weighted by molar-refractivity contribution is 7.89. The third-order valence-corrected chi connectivity index (χ3v) is 6.18. The van der Waals surface area contributed by atoms with Crippen molar-refractivity contribution in [2.45, 2.75) is 64.8 Å². The molecule has 1 saturated carbocycles. The number of nitrogens with zero attached hydrogens (tertiary/aromatic N) is 3. The molecular formula is C17H26N4O3S. The van der Waals surface area contributed by atoms with Gasteiger partial charge in [0.25, 0.3) is 5.89 Å². The molecule has 1 aliphatic carbocycles. The van der Waals surface area contributed by atoms with Crippen LogP contribution in [-0.2, 0) is 16.6 Å². The summed E-state index contributed by atoms with van der Waals surface area (Å²) in [4.78, 5) is 4.73.